The van der Waals surface area contributed by atoms with Gasteiger partial charge in [-0.1, -0.05) is 28.1 Å². The Morgan fingerprint density at radius 2 is 1.79 bits per heavy atom. The summed E-state index contributed by atoms with van der Waals surface area (Å²) >= 11 is 3.64. The molecule has 1 aliphatic heterocycles. The fraction of sp³-hybridized carbons (Fsp3) is 0.423. The van der Waals surface area contributed by atoms with Crippen LogP contribution in [0.5, 0.6) is 0 Å². The molecule has 0 radical (unpaired) electrons. The van der Waals surface area contributed by atoms with Gasteiger partial charge in [0.1, 0.15) is 5.82 Å². The molecule has 0 atom stereocenters. The highest BCUT2D eigenvalue weighted by Crippen LogP contribution is 2.54. The zero-order valence-electron chi connectivity index (χ0n) is 19.9. The molecule has 3 aromatic rings. The van der Waals surface area contributed by atoms with Crippen molar-refractivity contribution in [1.82, 2.24) is 14.7 Å². The number of hydrogen-bond donors (Lipinski definition) is 2. The molecule has 0 bridgehead atoms. The molecule has 1 spiro atoms. The van der Waals surface area contributed by atoms with E-state index in [1.807, 2.05) is 32.9 Å². The summed E-state index contributed by atoms with van der Waals surface area (Å²) in [4.78, 5) is 10.8. The number of piperidine rings is 1. The number of nitrogens with one attached hydrogen (secondary N) is 2. The maximum Gasteiger partial charge on any atom is 0.241 e. The zero-order valence-corrected chi connectivity index (χ0v) is 22.3. The third kappa shape index (κ3) is 4.95. The number of hydrogen-bond acceptors (Lipinski definition) is 4. The Bertz CT molecular complexity index is 1310. The Kier molecular flexibility index (Phi) is 5.89. The summed E-state index contributed by atoms with van der Waals surface area (Å²) in [6, 6.07) is 13.3. The summed E-state index contributed by atoms with van der Waals surface area (Å²) in [5.74, 6) is 0.783. The van der Waals surface area contributed by atoms with Gasteiger partial charge in [-0.05, 0) is 82.2 Å². The Labute approximate surface area is 210 Å². The van der Waals surface area contributed by atoms with E-state index in [1.54, 1.807) is 24.4 Å². The number of imidazole rings is 1. The molecule has 2 heterocycles. The van der Waals surface area contributed by atoms with E-state index >= 15 is 0 Å². The van der Waals surface area contributed by atoms with Crippen LogP contribution >= 0.6 is 15.9 Å². The van der Waals surface area contributed by atoms with Crippen molar-refractivity contribution in [3.05, 3.63) is 53.1 Å². The Balaban J connectivity index is 1.44. The number of anilines is 1. The van der Waals surface area contributed by atoms with Crippen molar-refractivity contribution in [2.24, 2.45) is 5.41 Å². The number of aromatic nitrogens is 2. The fourth-order valence-electron chi connectivity index (χ4n) is 4.76. The molecule has 0 unspecified atom stereocenters. The summed E-state index contributed by atoms with van der Waals surface area (Å²) in [6.45, 7) is 7.63. The highest BCUT2D eigenvalue weighted by molar-refractivity contribution is 9.10. The Morgan fingerprint density at radius 1 is 1.06 bits per heavy atom. The van der Waals surface area contributed by atoms with Crippen LogP contribution in [0.4, 0.5) is 5.69 Å². The molecular formula is C26H31BrN4O2S. The topological polar surface area (TPSA) is 78.1 Å². The number of halogens is 1. The fourth-order valence-corrected chi connectivity index (χ4v) is 6.58. The summed E-state index contributed by atoms with van der Waals surface area (Å²) < 4.78 is 29.4. The number of nitrogens with zero attached hydrogens (tertiary/aromatic N) is 2. The van der Waals surface area contributed by atoms with Gasteiger partial charge in [-0.3, -0.25) is 0 Å². The standard InChI is InChI=1S/C26H31BrN4O2S/c1-25(2,3)30-34(32,33)20-6-4-5-18(15-20)22-17-28-24(29-22)21-8-7-19(27)16-23(21)31-13-11-26(9-10-26)12-14-31/h4-8,15-17,30H,9-14H2,1-3H3,(H,28,29). The number of aromatic amines is 1. The van der Waals surface area contributed by atoms with Gasteiger partial charge < -0.3 is 9.88 Å². The second kappa shape index (κ2) is 8.50. The predicted octanol–water partition coefficient (Wildman–Crippen LogP) is 5.96. The van der Waals surface area contributed by atoms with Gasteiger partial charge in [-0.2, -0.15) is 0 Å². The van der Waals surface area contributed by atoms with Crippen molar-refractivity contribution in [1.29, 1.82) is 0 Å². The van der Waals surface area contributed by atoms with E-state index < -0.39 is 15.6 Å². The van der Waals surface area contributed by atoms with Crippen molar-refractivity contribution >= 4 is 31.6 Å². The van der Waals surface area contributed by atoms with E-state index in [2.05, 4.69) is 47.7 Å². The maximum atomic E-state index is 12.8. The minimum atomic E-state index is -3.62. The van der Waals surface area contributed by atoms with Crippen molar-refractivity contribution < 1.29 is 8.42 Å². The third-order valence-electron chi connectivity index (χ3n) is 6.81. The normalized spacial score (nSPS) is 17.8. The summed E-state index contributed by atoms with van der Waals surface area (Å²) in [7, 11) is -3.62. The molecule has 1 saturated heterocycles. The molecule has 8 heteroatoms. The average Bonchev–Trinajstić information content (AvgIpc) is 3.34. The van der Waals surface area contributed by atoms with Gasteiger partial charge in [0, 0.05) is 39.9 Å². The quantitative estimate of drug-likeness (QED) is 0.416. The van der Waals surface area contributed by atoms with Crippen molar-refractivity contribution in [2.75, 3.05) is 18.0 Å². The predicted molar refractivity (Wildman–Crippen MR) is 140 cm³/mol. The van der Waals surface area contributed by atoms with Crippen LogP contribution in [0.2, 0.25) is 0 Å². The van der Waals surface area contributed by atoms with Crippen LogP contribution in [0.1, 0.15) is 46.5 Å². The minimum absolute atomic E-state index is 0.239. The first-order chi connectivity index (χ1) is 16.0. The highest BCUT2D eigenvalue weighted by atomic mass is 79.9. The SMILES string of the molecule is CC(C)(C)NS(=O)(=O)c1cccc(-c2cnc(-c3ccc(Br)cc3N3CCC4(CC3)CC4)[nH]2)c1. The first-order valence-corrected chi connectivity index (χ1v) is 14.1. The van der Waals surface area contributed by atoms with E-state index in [4.69, 9.17) is 0 Å². The lowest BCUT2D eigenvalue weighted by Gasteiger charge is -2.35. The van der Waals surface area contributed by atoms with Crippen LogP contribution in [0, 0.1) is 5.41 Å². The molecule has 0 amide bonds. The summed E-state index contributed by atoms with van der Waals surface area (Å²) in [5.41, 5.74) is 3.86. The first-order valence-electron chi connectivity index (χ1n) is 11.8. The van der Waals surface area contributed by atoms with Gasteiger partial charge in [0.25, 0.3) is 0 Å². The largest absolute Gasteiger partial charge is 0.371 e. The number of H-pyrrole nitrogens is 1. The second-order valence-corrected chi connectivity index (χ2v) is 13.3. The van der Waals surface area contributed by atoms with Gasteiger partial charge in [0.05, 0.1) is 16.8 Å². The molecule has 34 heavy (non-hydrogen) atoms. The molecule has 1 aliphatic carbocycles. The molecule has 6 nitrogen and oxygen atoms in total. The van der Waals surface area contributed by atoms with Crippen LogP contribution in [0.25, 0.3) is 22.6 Å². The number of sulfonamides is 1. The highest BCUT2D eigenvalue weighted by Gasteiger charge is 2.44. The van der Waals surface area contributed by atoms with Gasteiger partial charge in [-0.25, -0.2) is 18.1 Å². The molecule has 1 saturated carbocycles. The zero-order chi connectivity index (χ0) is 24.1. The van der Waals surface area contributed by atoms with Crippen molar-refractivity contribution in [3.8, 4) is 22.6 Å². The van der Waals surface area contributed by atoms with E-state index in [-0.39, 0.29) is 4.90 Å². The van der Waals surface area contributed by atoms with E-state index in [1.165, 1.54) is 31.4 Å². The maximum absolute atomic E-state index is 12.8. The van der Waals surface area contributed by atoms with Gasteiger partial charge in [-0.15, -0.1) is 0 Å². The lowest BCUT2D eigenvalue weighted by molar-refractivity contribution is 0.384. The number of benzene rings is 2. The monoisotopic (exact) mass is 542 g/mol. The smallest absolute Gasteiger partial charge is 0.241 e. The lowest BCUT2D eigenvalue weighted by atomic mass is 9.93. The molecule has 2 N–H and O–H groups in total. The van der Waals surface area contributed by atoms with E-state index in [0.29, 0.717) is 5.41 Å². The molecule has 2 aliphatic rings. The van der Waals surface area contributed by atoms with Crippen LogP contribution in [-0.2, 0) is 10.0 Å². The molecule has 1 aromatic heterocycles. The third-order valence-corrected chi connectivity index (χ3v) is 9.06. The van der Waals surface area contributed by atoms with Crippen LogP contribution in [0.15, 0.2) is 58.0 Å². The molecule has 180 valence electrons. The van der Waals surface area contributed by atoms with E-state index in [9.17, 15) is 8.42 Å². The summed E-state index contributed by atoms with van der Waals surface area (Å²) in [6.07, 6.45) is 7.06. The van der Waals surface area contributed by atoms with Gasteiger partial charge in [0.15, 0.2) is 0 Å². The first kappa shape index (κ1) is 23.6. The molecule has 2 fully saturated rings. The Morgan fingerprint density at radius 3 is 2.47 bits per heavy atom. The second-order valence-electron chi connectivity index (χ2n) is 10.7. The van der Waals surface area contributed by atoms with Gasteiger partial charge in [0.2, 0.25) is 10.0 Å². The minimum Gasteiger partial charge on any atom is -0.371 e. The van der Waals surface area contributed by atoms with Crippen molar-refractivity contribution in [3.63, 3.8) is 0 Å². The molecule has 5 rings (SSSR count). The van der Waals surface area contributed by atoms with E-state index in [0.717, 1.165) is 40.2 Å². The average molecular weight is 544 g/mol. The van der Waals surface area contributed by atoms with Crippen LogP contribution in [0.3, 0.4) is 0 Å². The van der Waals surface area contributed by atoms with Crippen molar-refractivity contribution in [2.45, 2.75) is 56.9 Å². The molecule has 2 aromatic carbocycles. The van der Waals surface area contributed by atoms with Crippen LogP contribution < -0.4 is 9.62 Å². The Hall–Kier alpha value is -2.16. The van der Waals surface area contributed by atoms with Gasteiger partial charge >= 0.3 is 0 Å². The van der Waals surface area contributed by atoms with Crippen LogP contribution in [-0.4, -0.2) is 37.0 Å². The molecular weight excluding hydrogens is 512 g/mol. The number of rotatable bonds is 5. The lowest BCUT2D eigenvalue weighted by Crippen LogP contribution is -2.40. The summed E-state index contributed by atoms with van der Waals surface area (Å²) in [5, 5.41) is 0.